The number of likely N-dealkylation sites (N-methyl/N-ethyl adjacent to an activating group) is 1. The van der Waals surface area contributed by atoms with Gasteiger partial charge in [0, 0.05) is 44.6 Å². The Balaban J connectivity index is 2.06. The molecule has 2 saturated heterocycles. The first-order valence-electron chi connectivity index (χ1n) is 7.57. The van der Waals surface area contributed by atoms with Crippen LogP contribution in [-0.4, -0.2) is 69.8 Å². The molecule has 2 heterocycles. The normalized spacial score (nSPS) is 26.9. The number of fused-ring (bicyclic) bond motifs is 2. The van der Waals surface area contributed by atoms with Crippen LogP contribution in [0.4, 0.5) is 11.4 Å². The summed E-state index contributed by atoms with van der Waals surface area (Å²) in [6.07, 6.45) is 0. The Morgan fingerprint density at radius 2 is 2.00 bits per heavy atom. The molecule has 0 radical (unpaired) electrons. The van der Waals surface area contributed by atoms with Crippen LogP contribution in [-0.2, 0) is 14.3 Å². The Morgan fingerprint density at radius 3 is 2.57 bits per heavy atom. The van der Waals surface area contributed by atoms with Gasteiger partial charge in [-0.25, -0.2) is 4.79 Å². The number of methoxy groups -OCH3 is 1. The van der Waals surface area contributed by atoms with Gasteiger partial charge in [-0.2, -0.15) is 0 Å². The van der Waals surface area contributed by atoms with Crippen molar-refractivity contribution in [2.45, 2.75) is 11.7 Å². The number of piperazine rings is 1. The second kappa shape index (κ2) is 5.42. The summed E-state index contributed by atoms with van der Waals surface area (Å²) in [5, 5.41) is 2.83. The van der Waals surface area contributed by atoms with Gasteiger partial charge in [0.1, 0.15) is 0 Å². The van der Waals surface area contributed by atoms with Gasteiger partial charge in [-0.05, 0) is 31.3 Å². The van der Waals surface area contributed by atoms with Crippen LogP contribution >= 0.6 is 0 Å². The van der Waals surface area contributed by atoms with E-state index in [1.807, 2.05) is 53.1 Å². The summed E-state index contributed by atoms with van der Waals surface area (Å²) in [7, 11) is 7.05. The molecule has 124 valence electrons. The predicted molar refractivity (Wildman–Crippen MR) is 87.4 cm³/mol. The number of esters is 1. The van der Waals surface area contributed by atoms with Crippen molar-refractivity contribution >= 4 is 23.3 Å². The summed E-state index contributed by atoms with van der Waals surface area (Å²) in [5.74, 6) is -0.895. The SMILES string of the molecule is COC(=O)[C@]12C(=O)NC[C@H](CN1c1ccc(N(C)C)cc1)N2C. The predicted octanol–water partition coefficient (Wildman–Crippen LogP) is -0.128. The van der Waals surface area contributed by atoms with Crippen LogP contribution in [0.15, 0.2) is 24.3 Å². The van der Waals surface area contributed by atoms with Crippen LogP contribution < -0.4 is 15.1 Å². The van der Waals surface area contributed by atoms with Gasteiger partial charge in [-0.3, -0.25) is 9.69 Å². The van der Waals surface area contributed by atoms with Gasteiger partial charge in [-0.1, -0.05) is 0 Å². The summed E-state index contributed by atoms with van der Waals surface area (Å²) < 4.78 is 4.97. The summed E-state index contributed by atoms with van der Waals surface area (Å²) in [6.45, 7) is 1.12. The van der Waals surface area contributed by atoms with Gasteiger partial charge in [0.2, 0.25) is 0 Å². The average molecular weight is 318 g/mol. The van der Waals surface area contributed by atoms with Crippen LogP contribution in [0.2, 0.25) is 0 Å². The Labute approximate surface area is 135 Å². The molecule has 2 bridgehead atoms. The second-order valence-corrected chi connectivity index (χ2v) is 6.16. The summed E-state index contributed by atoms with van der Waals surface area (Å²) in [6, 6.07) is 7.88. The zero-order valence-electron chi connectivity index (χ0n) is 13.9. The number of carbonyl (C=O) groups is 2. The molecule has 1 amide bonds. The standard InChI is InChI=1S/C16H22N4O3/c1-18(2)11-5-7-12(8-6-11)20-10-13-9-17-14(21)16(20,19(13)3)15(22)23-4/h5-8,13H,9-10H2,1-4H3,(H,17,21)/t13-,16+/m1/s1. The van der Waals surface area contributed by atoms with Gasteiger partial charge < -0.3 is 19.9 Å². The number of carbonyl (C=O) groups excluding carboxylic acids is 2. The van der Waals surface area contributed by atoms with E-state index < -0.39 is 11.6 Å². The van der Waals surface area contributed by atoms with Crippen molar-refractivity contribution in [1.29, 1.82) is 0 Å². The number of hydrogen-bond donors (Lipinski definition) is 1. The van der Waals surface area contributed by atoms with E-state index >= 15 is 0 Å². The number of nitrogens with one attached hydrogen (secondary N) is 1. The summed E-state index contributed by atoms with van der Waals surface area (Å²) in [5.41, 5.74) is 0.449. The molecule has 0 aromatic heterocycles. The highest BCUT2D eigenvalue weighted by atomic mass is 16.5. The fourth-order valence-electron chi connectivity index (χ4n) is 3.45. The molecule has 1 aromatic rings. The zero-order chi connectivity index (χ0) is 16.8. The monoisotopic (exact) mass is 318 g/mol. The molecule has 1 N–H and O–H groups in total. The molecule has 2 fully saturated rings. The van der Waals surface area contributed by atoms with E-state index in [2.05, 4.69) is 5.32 Å². The smallest absolute Gasteiger partial charge is 0.357 e. The van der Waals surface area contributed by atoms with Crippen LogP contribution in [0.1, 0.15) is 0 Å². The molecule has 7 heteroatoms. The highest BCUT2D eigenvalue weighted by Crippen LogP contribution is 2.38. The van der Waals surface area contributed by atoms with Gasteiger partial charge in [0.15, 0.2) is 0 Å². The van der Waals surface area contributed by atoms with E-state index in [1.54, 1.807) is 7.05 Å². The molecule has 23 heavy (non-hydrogen) atoms. The van der Waals surface area contributed by atoms with Crippen LogP contribution in [0.25, 0.3) is 0 Å². The second-order valence-electron chi connectivity index (χ2n) is 6.16. The Morgan fingerprint density at radius 1 is 1.35 bits per heavy atom. The quantitative estimate of drug-likeness (QED) is 0.619. The van der Waals surface area contributed by atoms with Crippen molar-refractivity contribution in [2.75, 3.05) is 51.1 Å². The Bertz CT molecular complexity index is 621. The number of amides is 1. The molecule has 2 aliphatic heterocycles. The lowest BCUT2D eigenvalue weighted by atomic mass is 10.0. The minimum Gasteiger partial charge on any atom is -0.466 e. The lowest BCUT2D eigenvalue weighted by Gasteiger charge is -2.41. The number of nitrogens with zero attached hydrogens (tertiary/aromatic N) is 3. The van der Waals surface area contributed by atoms with E-state index in [9.17, 15) is 9.59 Å². The molecule has 0 unspecified atom stereocenters. The van der Waals surface area contributed by atoms with Gasteiger partial charge in [0.25, 0.3) is 11.6 Å². The topological polar surface area (TPSA) is 65.1 Å². The molecule has 2 aliphatic rings. The molecule has 1 aromatic carbocycles. The Kier molecular flexibility index (Phi) is 3.68. The van der Waals surface area contributed by atoms with Crippen LogP contribution in [0, 0.1) is 0 Å². The van der Waals surface area contributed by atoms with E-state index in [1.165, 1.54) is 7.11 Å². The largest absolute Gasteiger partial charge is 0.466 e. The average Bonchev–Trinajstić information content (AvgIpc) is 2.75. The van der Waals surface area contributed by atoms with Crippen molar-refractivity contribution < 1.29 is 14.3 Å². The zero-order valence-corrected chi connectivity index (χ0v) is 13.9. The summed E-state index contributed by atoms with van der Waals surface area (Å²) in [4.78, 5) is 30.8. The van der Waals surface area contributed by atoms with Crippen LogP contribution in [0.3, 0.4) is 0 Å². The number of benzene rings is 1. The fraction of sp³-hybridized carbons (Fsp3) is 0.500. The third-order valence-corrected chi connectivity index (χ3v) is 4.80. The van der Waals surface area contributed by atoms with E-state index in [4.69, 9.17) is 4.74 Å². The van der Waals surface area contributed by atoms with Crippen molar-refractivity contribution in [2.24, 2.45) is 0 Å². The van der Waals surface area contributed by atoms with Crippen molar-refractivity contribution in [3.63, 3.8) is 0 Å². The molecule has 0 spiro atoms. The minimum atomic E-state index is -1.43. The molecule has 0 aliphatic carbocycles. The number of anilines is 2. The highest BCUT2D eigenvalue weighted by molar-refractivity contribution is 6.11. The first-order chi connectivity index (χ1) is 10.9. The van der Waals surface area contributed by atoms with Gasteiger partial charge >= 0.3 is 5.97 Å². The third-order valence-electron chi connectivity index (χ3n) is 4.80. The maximum atomic E-state index is 12.6. The van der Waals surface area contributed by atoms with Crippen molar-refractivity contribution in [3.8, 4) is 0 Å². The fourth-order valence-corrected chi connectivity index (χ4v) is 3.45. The van der Waals surface area contributed by atoms with Crippen LogP contribution in [0.5, 0.6) is 0 Å². The molecular formula is C16H22N4O3. The molecule has 7 nitrogen and oxygen atoms in total. The van der Waals surface area contributed by atoms with Crippen molar-refractivity contribution in [1.82, 2.24) is 10.2 Å². The number of rotatable bonds is 3. The lowest BCUT2D eigenvalue weighted by Crippen LogP contribution is -2.71. The van der Waals surface area contributed by atoms with Gasteiger partial charge in [0.05, 0.1) is 7.11 Å². The summed E-state index contributed by atoms with van der Waals surface area (Å²) >= 11 is 0. The van der Waals surface area contributed by atoms with Crippen molar-refractivity contribution in [3.05, 3.63) is 24.3 Å². The van der Waals surface area contributed by atoms with E-state index in [-0.39, 0.29) is 11.9 Å². The number of ether oxygens (including phenoxy) is 1. The minimum absolute atomic E-state index is 0.0697. The van der Waals surface area contributed by atoms with E-state index in [0.717, 1.165) is 11.4 Å². The van der Waals surface area contributed by atoms with E-state index in [0.29, 0.717) is 13.1 Å². The Hall–Kier alpha value is -2.28. The first kappa shape index (κ1) is 15.6. The molecule has 0 saturated carbocycles. The maximum absolute atomic E-state index is 12.6. The highest BCUT2D eigenvalue weighted by Gasteiger charge is 2.64. The molecule has 2 atom stereocenters. The number of hydrogen-bond acceptors (Lipinski definition) is 6. The maximum Gasteiger partial charge on any atom is 0.357 e. The molecular weight excluding hydrogens is 296 g/mol. The first-order valence-corrected chi connectivity index (χ1v) is 7.57. The molecule has 3 rings (SSSR count). The van der Waals surface area contributed by atoms with Gasteiger partial charge in [-0.15, -0.1) is 0 Å². The lowest BCUT2D eigenvalue weighted by molar-refractivity contribution is -0.161. The third kappa shape index (κ3) is 2.07.